The molecule has 33 heavy (non-hydrogen) atoms. The van der Waals surface area contributed by atoms with Crippen LogP contribution in [0.1, 0.15) is 44.2 Å². The molecule has 180 valence electrons. The summed E-state index contributed by atoms with van der Waals surface area (Å²) < 4.78 is 33.6. The van der Waals surface area contributed by atoms with Crippen molar-refractivity contribution in [2.75, 3.05) is 43.0 Å². The second-order valence-corrected chi connectivity index (χ2v) is 10.4. The number of piperidine rings is 1. The molecule has 0 bridgehead atoms. The molecule has 0 unspecified atom stereocenters. The van der Waals surface area contributed by atoms with E-state index in [1.807, 2.05) is 45.9 Å². The van der Waals surface area contributed by atoms with Gasteiger partial charge >= 0.3 is 0 Å². The summed E-state index contributed by atoms with van der Waals surface area (Å²) in [6, 6.07) is 10.8. The minimum absolute atomic E-state index is 0.163. The Morgan fingerprint density at radius 1 is 1.00 bits per heavy atom. The predicted octanol–water partition coefficient (Wildman–Crippen LogP) is 4.34. The number of anilines is 2. The molecule has 1 saturated heterocycles. The van der Waals surface area contributed by atoms with Gasteiger partial charge in [0.05, 0.1) is 16.3 Å². The molecule has 1 amide bonds. The van der Waals surface area contributed by atoms with Crippen LogP contribution in [0.2, 0.25) is 0 Å². The van der Waals surface area contributed by atoms with Gasteiger partial charge in [0.1, 0.15) is 5.75 Å². The zero-order valence-corrected chi connectivity index (χ0v) is 20.9. The Morgan fingerprint density at radius 2 is 1.64 bits per heavy atom. The van der Waals surface area contributed by atoms with Crippen molar-refractivity contribution in [3.8, 4) is 5.75 Å². The van der Waals surface area contributed by atoms with Gasteiger partial charge in [-0.15, -0.1) is 0 Å². The first-order valence-electron chi connectivity index (χ1n) is 11.6. The lowest BCUT2D eigenvalue weighted by molar-refractivity contribution is -0.118. The Labute approximate surface area is 197 Å². The first-order valence-corrected chi connectivity index (χ1v) is 13.1. The Kier molecular flexibility index (Phi) is 8.37. The van der Waals surface area contributed by atoms with Crippen molar-refractivity contribution < 1.29 is 17.9 Å². The van der Waals surface area contributed by atoms with E-state index >= 15 is 0 Å². The van der Waals surface area contributed by atoms with Gasteiger partial charge in [-0.2, -0.15) is 4.31 Å². The lowest BCUT2D eigenvalue weighted by atomic mass is 10.1. The van der Waals surface area contributed by atoms with Crippen molar-refractivity contribution in [3.63, 3.8) is 0 Å². The van der Waals surface area contributed by atoms with Crippen molar-refractivity contribution in [1.29, 1.82) is 0 Å². The average Bonchev–Trinajstić information content (AvgIpc) is 2.79. The van der Waals surface area contributed by atoms with Crippen LogP contribution in [-0.4, -0.2) is 51.4 Å². The molecule has 0 aromatic heterocycles. The molecule has 8 heteroatoms. The van der Waals surface area contributed by atoms with Gasteiger partial charge in [0.25, 0.3) is 5.91 Å². The van der Waals surface area contributed by atoms with Crippen molar-refractivity contribution in [3.05, 3.63) is 47.5 Å². The fraction of sp³-hybridized carbons (Fsp3) is 0.480. The molecule has 3 rings (SSSR count). The number of ether oxygens (including phenoxy) is 1. The van der Waals surface area contributed by atoms with Crippen LogP contribution in [0.4, 0.5) is 11.4 Å². The lowest BCUT2D eigenvalue weighted by Gasteiger charge is -2.28. The third-order valence-electron chi connectivity index (χ3n) is 5.86. The van der Waals surface area contributed by atoms with Crippen molar-refractivity contribution >= 4 is 27.3 Å². The van der Waals surface area contributed by atoms with Gasteiger partial charge in [-0.3, -0.25) is 4.79 Å². The molecule has 0 radical (unpaired) electrons. The summed E-state index contributed by atoms with van der Waals surface area (Å²) in [5.74, 6) is 0.295. The summed E-state index contributed by atoms with van der Waals surface area (Å²) in [4.78, 5) is 15.0. The summed E-state index contributed by atoms with van der Waals surface area (Å²) in [6.07, 6.45) is 2.79. The normalized spacial score (nSPS) is 14.7. The quantitative estimate of drug-likeness (QED) is 0.586. The topological polar surface area (TPSA) is 79.0 Å². The van der Waals surface area contributed by atoms with Crippen LogP contribution < -0.4 is 15.0 Å². The second kappa shape index (κ2) is 11.0. The average molecular weight is 474 g/mol. The molecule has 1 fully saturated rings. The highest BCUT2D eigenvalue weighted by molar-refractivity contribution is 7.89. The summed E-state index contributed by atoms with van der Waals surface area (Å²) >= 11 is 0. The first-order chi connectivity index (χ1) is 15.7. The highest BCUT2D eigenvalue weighted by atomic mass is 32.2. The summed E-state index contributed by atoms with van der Waals surface area (Å²) in [5.41, 5.74) is 3.39. The van der Waals surface area contributed by atoms with Crippen LogP contribution >= 0.6 is 0 Å². The number of carbonyl (C=O) groups excluding carboxylic acids is 1. The predicted molar refractivity (Wildman–Crippen MR) is 133 cm³/mol. The molecule has 1 N–H and O–H groups in total. The molecule has 7 nitrogen and oxygen atoms in total. The molecule has 0 atom stereocenters. The Balaban J connectivity index is 1.84. The number of aryl methyl sites for hydroxylation is 2. The highest BCUT2D eigenvalue weighted by Crippen LogP contribution is 2.31. The van der Waals surface area contributed by atoms with Crippen molar-refractivity contribution in [1.82, 2.24) is 4.31 Å². The van der Waals surface area contributed by atoms with E-state index < -0.39 is 10.0 Å². The maximum Gasteiger partial charge on any atom is 0.262 e. The number of amides is 1. The van der Waals surface area contributed by atoms with Crippen LogP contribution in [0.3, 0.4) is 0 Å². The molecule has 2 aromatic rings. The van der Waals surface area contributed by atoms with Crippen molar-refractivity contribution in [2.24, 2.45) is 0 Å². The number of rotatable bonds is 9. The van der Waals surface area contributed by atoms with E-state index in [1.165, 1.54) is 4.31 Å². The Morgan fingerprint density at radius 3 is 2.24 bits per heavy atom. The van der Waals surface area contributed by atoms with Crippen LogP contribution in [-0.2, 0) is 14.8 Å². The van der Waals surface area contributed by atoms with Gasteiger partial charge in [-0.05, 0) is 82.0 Å². The fourth-order valence-corrected chi connectivity index (χ4v) is 5.77. The van der Waals surface area contributed by atoms with E-state index in [2.05, 4.69) is 10.2 Å². The van der Waals surface area contributed by atoms with Crippen LogP contribution in [0.5, 0.6) is 5.75 Å². The standard InChI is InChI=1S/C25H35N3O4S/c1-5-27(6-2)24-11-10-22(33(30,31)28-12-8-7-9-13-28)17-23(24)26-25(29)18-32-21-15-19(3)14-20(4)16-21/h10-11,14-17H,5-9,12-13,18H2,1-4H3,(H,26,29). The van der Waals surface area contributed by atoms with Crippen LogP contribution in [0.25, 0.3) is 0 Å². The number of hydrogen-bond acceptors (Lipinski definition) is 5. The number of hydrogen-bond donors (Lipinski definition) is 1. The molecule has 1 heterocycles. The number of nitrogens with zero attached hydrogens (tertiary/aromatic N) is 2. The molecular formula is C25H35N3O4S. The minimum Gasteiger partial charge on any atom is -0.484 e. The van der Waals surface area contributed by atoms with E-state index in [4.69, 9.17) is 4.74 Å². The lowest BCUT2D eigenvalue weighted by Crippen LogP contribution is -2.35. The van der Waals surface area contributed by atoms with Gasteiger partial charge in [0.15, 0.2) is 6.61 Å². The van der Waals surface area contributed by atoms with E-state index in [0.717, 1.165) is 49.2 Å². The van der Waals surface area contributed by atoms with Gasteiger partial charge in [0, 0.05) is 26.2 Å². The fourth-order valence-electron chi connectivity index (χ4n) is 4.22. The molecule has 0 saturated carbocycles. The SMILES string of the molecule is CCN(CC)c1ccc(S(=O)(=O)N2CCCCC2)cc1NC(=O)COc1cc(C)cc(C)c1. The van der Waals surface area contributed by atoms with Crippen molar-refractivity contribution in [2.45, 2.75) is 51.9 Å². The Hall–Kier alpha value is -2.58. The number of nitrogens with one attached hydrogen (secondary N) is 1. The van der Waals surface area contributed by atoms with E-state index in [-0.39, 0.29) is 17.4 Å². The molecular weight excluding hydrogens is 438 g/mol. The summed E-state index contributed by atoms with van der Waals surface area (Å²) in [5, 5.41) is 2.89. The first kappa shape index (κ1) is 25.1. The maximum atomic E-state index is 13.2. The zero-order chi connectivity index (χ0) is 24.0. The number of benzene rings is 2. The number of sulfonamides is 1. The number of carbonyl (C=O) groups is 1. The zero-order valence-electron chi connectivity index (χ0n) is 20.1. The smallest absolute Gasteiger partial charge is 0.262 e. The summed E-state index contributed by atoms with van der Waals surface area (Å²) in [6.45, 7) is 10.4. The maximum absolute atomic E-state index is 13.2. The third kappa shape index (κ3) is 6.26. The van der Waals surface area contributed by atoms with Crippen LogP contribution in [0, 0.1) is 13.8 Å². The summed E-state index contributed by atoms with van der Waals surface area (Å²) in [7, 11) is -3.61. The van der Waals surface area contributed by atoms with E-state index in [1.54, 1.807) is 18.2 Å². The molecule has 0 aliphatic carbocycles. The van der Waals surface area contributed by atoms with Gasteiger partial charge < -0.3 is 15.0 Å². The van der Waals surface area contributed by atoms with E-state index in [9.17, 15) is 13.2 Å². The molecule has 1 aliphatic heterocycles. The molecule has 2 aromatic carbocycles. The molecule has 1 aliphatic rings. The van der Waals surface area contributed by atoms with Crippen LogP contribution in [0.15, 0.2) is 41.3 Å². The van der Waals surface area contributed by atoms with E-state index in [0.29, 0.717) is 24.5 Å². The van der Waals surface area contributed by atoms with Gasteiger partial charge in [0.2, 0.25) is 10.0 Å². The highest BCUT2D eigenvalue weighted by Gasteiger charge is 2.27. The molecule has 0 spiro atoms. The van der Waals surface area contributed by atoms with Gasteiger partial charge in [-0.25, -0.2) is 8.42 Å². The van der Waals surface area contributed by atoms with Gasteiger partial charge in [-0.1, -0.05) is 12.5 Å². The monoisotopic (exact) mass is 473 g/mol. The largest absolute Gasteiger partial charge is 0.484 e. The Bertz CT molecular complexity index is 1050. The second-order valence-electron chi connectivity index (χ2n) is 8.48. The minimum atomic E-state index is -3.61. The third-order valence-corrected chi connectivity index (χ3v) is 7.76.